The van der Waals surface area contributed by atoms with E-state index in [1.165, 1.54) is 5.56 Å². The highest BCUT2D eigenvalue weighted by molar-refractivity contribution is 6.90. The van der Waals surface area contributed by atoms with Crippen LogP contribution in [0.15, 0.2) is 30.3 Å². The fraction of sp³-hybridized carbons (Fsp3) is 0.690. The number of aryl methyl sites for hydroxylation is 1. The van der Waals surface area contributed by atoms with E-state index >= 15 is 0 Å². The molecule has 3 nitrogen and oxygen atoms in total. The van der Waals surface area contributed by atoms with Gasteiger partial charge < -0.3 is 9.64 Å². The standard InChI is InChI=1S/C29H49NO2Si/c1-10-30(21-22-32-9)28(31)17-19-29(8,18-16-27-14-12-11-13-15-27)20-23-33(24(2)3,25(4)5)26(6)7/h11-15,24-26H,10,16-19,21-22H2,1-9H3/t29-/m0/s1. The summed E-state index contributed by atoms with van der Waals surface area (Å²) in [5, 5.41) is 0. The van der Waals surface area contributed by atoms with Crippen molar-refractivity contribution in [1.29, 1.82) is 0 Å². The van der Waals surface area contributed by atoms with Gasteiger partial charge in [0.1, 0.15) is 8.07 Å². The lowest BCUT2D eigenvalue weighted by Gasteiger charge is -2.38. The predicted molar refractivity (Wildman–Crippen MR) is 145 cm³/mol. The summed E-state index contributed by atoms with van der Waals surface area (Å²) < 4.78 is 5.19. The summed E-state index contributed by atoms with van der Waals surface area (Å²) in [7, 11) is -0.138. The van der Waals surface area contributed by atoms with Crippen molar-refractivity contribution in [3.63, 3.8) is 0 Å². The Bertz CT molecular complexity index is 741. The zero-order valence-electron chi connectivity index (χ0n) is 22.8. The molecular weight excluding hydrogens is 422 g/mol. The van der Waals surface area contributed by atoms with Crippen LogP contribution in [0, 0.1) is 16.9 Å². The van der Waals surface area contributed by atoms with Gasteiger partial charge in [-0.2, -0.15) is 0 Å². The second-order valence-electron chi connectivity index (χ2n) is 10.7. The van der Waals surface area contributed by atoms with Gasteiger partial charge in [-0.05, 0) is 55.3 Å². The molecular formula is C29H49NO2Si. The molecule has 0 unspecified atom stereocenters. The number of ether oxygens (including phenoxy) is 1. The molecule has 4 heteroatoms. The Kier molecular flexibility index (Phi) is 12.5. The molecule has 1 amide bonds. The van der Waals surface area contributed by atoms with Gasteiger partial charge in [-0.1, -0.05) is 71.9 Å². The Labute approximate surface area is 205 Å². The predicted octanol–water partition coefficient (Wildman–Crippen LogP) is 7.12. The molecule has 0 aliphatic rings. The maximum Gasteiger partial charge on any atom is 0.222 e. The molecule has 0 aromatic heterocycles. The maximum atomic E-state index is 13.0. The van der Waals surface area contributed by atoms with E-state index in [-0.39, 0.29) is 11.3 Å². The van der Waals surface area contributed by atoms with E-state index in [4.69, 9.17) is 4.74 Å². The summed E-state index contributed by atoms with van der Waals surface area (Å²) in [5.74, 6) is 4.03. The molecule has 33 heavy (non-hydrogen) atoms. The summed E-state index contributed by atoms with van der Waals surface area (Å²) in [5.41, 5.74) is 6.93. The largest absolute Gasteiger partial charge is 0.383 e. The lowest BCUT2D eigenvalue weighted by Crippen LogP contribution is -2.43. The topological polar surface area (TPSA) is 29.5 Å². The summed E-state index contributed by atoms with van der Waals surface area (Å²) >= 11 is 0. The van der Waals surface area contributed by atoms with Gasteiger partial charge in [0.25, 0.3) is 0 Å². The minimum Gasteiger partial charge on any atom is -0.383 e. The van der Waals surface area contributed by atoms with Crippen LogP contribution in [0.3, 0.4) is 0 Å². The number of carbonyl (C=O) groups excluding carboxylic acids is 1. The second-order valence-corrected chi connectivity index (χ2v) is 16.2. The third-order valence-electron chi connectivity index (χ3n) is 7.45. The molecule has 0 saturated carbocycles. The minimum atomic E-state index is -1.82. The Morgan fingerprint density at radius 1 is 1.03 bits per heavy atom. The minimum absolute atomic E-state index is 0.177. The molecule has 1 aromatic carbocycles. The van der Waals surface area contributed by atoms with Crippen molar-refractivity contribution >= 4 is 14.0 Å². The van der Waals surface area contributed by atoms with E-state index in [1.807, 2.05) is 11.8 Å². The van der Waals surface area contributed by atoms with Gasteiger partial charge in [0, 0.05) is 32.0 Å². The molecule has 0 aliphatic carbocycles. The number of rotatable bonds is 13. The number of carbonyl (C=O) groups is 1. The van der Waals surface area contributed by atoms with E-state index in [0.29, 0.717) is 36.2 Å². The lowest BCUT2D eigenvalue weighted by atomic mass is 9.80. The molecule has 1 rings (SSSR count). The molecule has 0 heterocycles. The van der Waals surface area contributed by atoms with Crippen molar-refractivity contribution in [2.24, 2.45) is 5.41 Å². The molecule has 1 aromatic rings. The van der Waals surface area contributed by atoms with Crippen LogP contribution in [0.2, 0.25) is 16.6 Å². The van der Waals surface area contributed by atoms with E-state index in [9.17, 15) is 4.79 Å². The van der Waals surface area contributed by atoms with E-state index in [1.54, 1.807) is 7.11 Å². The monoisotopic (exact) mass is 471 g/mol. The third-order valence-corrected chi connectivity index (χ3v) is 13.7. The Hall–Kier alpha value is -1.57. The molecule has 0 spiro atoms. The maximum absolute atomic E-state index is 13.0. The molecule has 0 fully saturated rings. The number of nitrogens with zero attached hydrogens (tertiary/aromatic N) is 1. The first-order valence-corrected chi connectivity index (χ1v) is 15.1. The van der Waals surface area contributed by atoms with Gasteiger partial charge in [0.05, 0.1) is 6.61 Å². The van der Waals surface area contributed by atoms with Gasteiger partial charge in [0.15, 0.2) is 0 Å². The van der Waals surface area contributed by atoms with Crippen LogP contribution in [0.25, 0.3) is 0 Å². The summed E-state index contributed by atoms with van der Waals surface area (Å²) in [6.45, 7) is 20.4. The lowest BCUT2D eigenvalue weighted by molar-refractivity contribution is -0.132. The highest BCUT2D eigenvalue weighted by Gasteiger charge is 2.42. The number of amides is 1. The zero-order chi connectivity index (χ0) is 25.1. The normalized spacial score (nSPS) is 13.7. The zero-order valence-corrected chi connectivity index (χ0v) is 23.8. The van der Waals surface area contributed by atoms with Crippen molar-refractivity contribution < 1.29 is 9.53 Å². The Morgan fingerprint density at radius 3 is 2.09 bits per heavy atom. The van der Waals surface area contributed by atoms with Crippen LogP contribution < -0.4 is 0 Å². The Balaban J connectivity index is 3.19. The molecule has 0 radical (unpaired) electrons. The summed E-state index contributed by atoms with van der Waals surface area (Å²) in [4.78, 5) is 14.9. The highest BCUT2D eigenvalue weighted by Crippen LogP contribution is 2.41. The van der Waals surface area contributed by atoms with Crippen LogP contribution in [0.1, 0.15) is 80.2 Å². The number of benzene rings is 1. The molecule has 0 aliphatic heterocycles. The first-order chi connectivity index (χ1) is 15.5. The van der Waals surface area contributed by atoms with E-state index in [0.717, 1.165) is 25.8 Å². The smallest absolute Gasteiger partial charge is 0.222 e. The molecule has 1 atom stereocenters. The van der Waals surface area contributed by atoms with E-state index in [2.05, 4.69) is 90.3 Å². The fourth-order valence-electron chi connectivity index (χ4n) is 5.21. The summed E-state index contributed by atoms with van der Waals surface area (Å²) in [6, 6.07) is 10.7. The van der Waals surface area contributed by atoms with Crippen LogP contribution in [-0.4, -0.2) is 45.7 Å². The van der Waals surface area contributed by atoms with Crippen LogP contribution in [0.5, 0.6) is 0 Å². The molecule has 0 N–H and O–H groups in total. The number of hydrogen-bond acceptors (Lipinski definition) is 2. The quantitative estimate of drug-likeness (QED) is 0.226. The fourth-order valence-corrected chi connectivity index (χ4v) is 10.6. The highest BCUT2D eigenvalue weighted by atomic mass is 28.3. The van der Waals surface area contributed by atoms with Crippen molar-refractivity contribution in [2.75, 3.05) is 26.8 Å². The van der Waals surface area contributed by atoms with Crippen molar-refractivity contribution in [3.8, 4) is 11.5 Å². The average Bonchev–Trinajstić information content (AvgIpc) is 2.77. The number of likely N-dealkylation sites (N-methyl/N-ethyl adjacent to an activating group) is 1. The first-order valence-electron chi connectivity index (χ1n) is 12.9. The van der Waals surface area contributed by atoms with Crippen LogP contribution in [-0.2, 0) is 16.0 Å². The van der Waals surface area contributed by atoms with Gasteiger partial charge in [0.2, 0.25) is 5.91 Å². The van der Waals surface area contributed by atoms with Crippen molar-refractivity contribution in [1.82, 2.24) is 4.90 Å². The first kappa shape index (κ1) is 29.5. The van der Waals surface area contributed by atoms with Crippen LogP contribution in [0.4, 0.5) is 0 Å². The van der Waals surface area contributed by atoms with Gasteiger partial charge in [-0.3, -0.25) is 4.79 Å². The van der Waals surface area contributed by atoms with E-state index < -0.39 is 8.07 Å². The Morgan fingerprint density at radius 2 is 1.61 bits per heavy atom. The molecule has 186 valence electrons. The molecule has 0 bridgehead atoms. The number of hydrogen-bond donors (Lipinski definition) is 0. The average molecular weight is 472 g/mol. The number of methoxy groups -OCH3 is 1. The van der Waals surface area contributed by atoms with Gasteiger partial charge in [-0.25, -0.2) is 0 Å². The molecule has 0 saturated heterocycles. The third kappa shape index (κ3) is 8.61. The van der Waals surface area contributed by atoms with Gasteiger partial charge >= 0.3 is 0 Å². The van der Waals surface area contributed by atoms with Crippen molar-refractivity contribution in [2.45, 2.75) is 97.7 Å². The summed E-state index contributed by atoms with van der Waals surface area (Å²) in [6.07, 6.45) is 3.30. The van der Waals surface area contributed by atoms with Gasteiger partial charge in [-0.15, -0.1) is 11.5 Å². The van der Waals surface area contributed by atoms with Crippen molar-refractivity contribution in [3.05, 3.63) is 35.9 Å². The van der Waals surface area contributed by atoms with Crippen LogP contribution >= 0.6 is 0 Å². The SMILES string of the molecule is CCN(CCOC)C(=O)CC[C@@](C)(C#C[Si](C(C)C)(C(C)C)C(C)C)CCc1ccccc1. The second kappa shape index (κ2) is 14.0.